The van der Waals surface area contributed by atoms with Gasteiger partial charge in [0.05, 0.1) is 0 Å². The molecule has 0 N–H and O–H groups in total. The summed E-state index contributed by atoms with van der Waals surface area (Å²) in [6.07, 6.45) is 0. The largest absolute Gasteiger partial charge is 0.0622 e. The van der Waals surface area contributed by atoms with Crippen molar-refractivity contribution in [3.05, 3.63) is 131 Å². The molecule has 31 heavy (non-hydrogen) atoms. The molecule has 1 heteroatoms. The van der Waals surface area contributed by atoms with Crippen LogP contribution in [0.4, 0.5) is 0 Å². The van der Waals surface area contributed by atoms with Crippen molar-refractivity contribution in [3.63, 3.8) is 0 Å². The number of hydrogen-bond acceptors (Lipinski definition) is 0. The van der Waals surface area contributed by atoms with Crippen molar-refractivity contribution < 1.29 is 0 Å². The SMILES string of the molecule is Ic1ccccc1-c1cc(-c2ccccc2)c(-c2ccccc2)cc1-c1ccccc1. The van der Waals surface area contributed by atoms with Gasteiger partial charge in [0.15, 0.2) is 0 Å². The van der Waals surface area contributed by atoms with Crippen LogP contribution in [0.2, 0.25) is 0 Å². The normalized spacial score (nSPS) is 10.7. The van der Waals surface area contributed by atoms with Crippen LogP contribution in [0, 0.1) is 3.57 Å². The van der Waals surface area contributed by atoms with Gasteiger partial charge >= 0.3 is 0 Å². The van der Waals surface area contributed by atoms with Crippen LogP contribution in [0.1, 0.15) is 0 Å². The molecule has 0 fully saturated rings. The van der Waals surface area contributed by atoms with Gasteiger partial charge in [0.1, 0.15) is 0 Å². The predicted octanol–water partition coefficient (Wildman–Crippen LogP) is 8.96. The second kappa shape index (κ2) is 8.91. The molecule has 0 atom stereocenters. The lowest BCUT2D eigenvalue weighted by atomic mass is 9.86. The van der Waals surface area contributed by atoms with E-state index >= 15 is 0 Å². The fraction of sp³-hybridized carbons (Fsp3) is 0. The van der Waals surface area contributed by atoms with Crippen molar-refractivity contribution in [1.29, 1.82) is 0 Å². The third-order valence-electron chi connectivity index (χ3n) is 5.58. The van der Waals surface area contributed by atoms with Gasteiger partial charge in [-0.2, -0.15) is 0 Å². The molecule has 5 aromatic rings. The second-order valence-electron chi connectivity index (χ2n) is 7.52. The Morgan fingerprint density at radius 3 is 1.13 bits per heavy atom. The van der Waals surface area contributed by atoms with E-state index in [1.807, 2.05) is 0 Å². The van der Waals surface area contributed by atoms with Gasteiger partial charge in [0.2, 0.25) is 0 Å². The Hall–Kier alpha value is -3.17. The van der Waals surface area contributed by atoms with Gasteiger partial charge in [-0.1, -0.05) is 109 Å². The molecular formula is C30H21I. The Balaban J connectivity index is 1.87. The maximum absolute atomic E-state index is 2.45. The summed E-state index contributed by atoms with van der Waals surface area (Å²) >= 11 is 2.45. The Labute approximate surface area is 197 Å². The molecule has 0 bridgehead atoms. The van der Waals surface area contributed by atoms with Gasteiger partial charge in [-0.05, 0) is 85.3 Å². The summed E-state index contributed by atoms with van der Waals surface area (Å²) in [6.45, 7) is 0. The number of halogens is 1. The highest BCUT2D eigenvalue weighted by Gasteiger charge is 2.16. The summed E-state index contributed by atoms with van der Waals surface area (Å²) in [5, 5.41) is 0. The molecule has 0 aliphatic rings. The van der Waals surface area contributed by atoms with E-state index in [9.17, 15) is 0 Å². The van der Waals surface area contributed by atoms with Crippen LogP contribution in [0.5, 0.6) is 0 Å². The minimum absolute atomic E-state index is 1.23. The first-order valence-electron chi connectivity index (χ1n) is 10.4. The summed E-state index contributed by atoms with van der Waals surface area (Å²) in [6, 6.07) is 45.5. The van der Waals surface area contributed by atoms with Crippen LogP contribution in [0.25, 0.3) is 44.5 Å². The number of hydrogen-bond donors (Lipinski definition) is 0. The summed E-state index contributed by atoms with van der Waals surface area (Å²) in [5.74, 6) is 0. The van der Waals surface area contributed by atoms with Crippen LogP contribution in [0.15, 0.2) is 127 Å². The fourth-order valence-corrected chi connectivity index (χ4v) is 4.75. The molecule has 0 aliphatic heterocycles. The first kappa shape index (κ1) is 19.8. The summed E-state index contributed by atoms with van der Waals surface area (Å²) in [4.78, 5) is 0. The standard InChI is InChI=1S/C30H21I/c31-30-19-11-10-18-25(30)29-21-27(23-14-6-2-7-15-23)26(22-12-4-1-5-13-22)20-28(29)24-16-8-3-9-17-24/h1-21H. The molecule has 0 saturated carbocycles. The fourth-order valence-electron chi connectivity index (χ4n) is 4.07. The van der Waals surface area contributed by atoms with E-state index in [1.165, 1.54) is 48.1 Å². The minimum atomic E-state index is 1.23. The molecule has 148 valence electrons. The first-order valence-corrected chi connectivity index (χ1v) is 11.5. The van der Waals surface area contributed by atoms with Crippen LogP contribution in [-0.4, -0.2) is 0 Å². The van der Waals surface area contributed by atoms with Crippen molar-refractivity contribution in [2.45, 2.75) is 0 Å². The molecule has 0 unspecified atom stereocenters. The quantitative estimate of drug-likeness (QED) is 0.213. The molecule has 5 rings (SSSR count). The third-order valence-corrected chi connectivity index (χ3v) is 6.52. The molecule has 0 amide bonds. The lowest BCUT2D eigenvalue weighted by Crippen LogP contribution is -1.93. The molecule has 0 aromatic heterocycles. The van der Waals surface area contributed by atoms with Gasteiger partial charge in [-0.3, -0.25) is 0 Å². The van der Waals surface area contributed by atoms with Crippen LogP contribution < -0.4 is 0 Å². The van der Waals surface area contributed by atoms with E-state index in [4.69, 9.17) is 0 Å². The van der Waals surface area contributed by atoms with Gasteiger partial charge in [-0.25, -0.2) is 0 Å². The summed E-state index contributed by atoms with van der Waals surface area (Å²) in [5.41, 5.74) is 9.97. The van der Waals surface area contributed by atoms with Crippen LogP contribution in [0.3, 0.4) is 0 Å². The maximum Gasteiger partial charge on any atom is 0.0209 e. The monoisotopic (exact) mass is 508 g/mol. The Morgan fingerprint density at radius 2 is 0.677 bits per heavy atom. The van der Waals surface area contributed by atoms with E-state index in [0.717, 1.165) is 0 Å². The Kier molecular flexibility index (Phi) is 5.68. The summed E-state index contributed by atoms with van der Waals surface area (Å²) < 4.78 is 1.25. The molecule has 0 nitrogen and oxygen atoms in total. The average molecular weight is 508 g/mol. The summed E-state index contributed by atoms with van der Waals surface area (Å²) in [7, 11) is 0. The van der Waals surface area contributed by atoms with E-state index in [1.54, 1.807) is 0 Å². The average Bonchev–Trinajstić information content (AvgIpc) is 2.85. The topological polar surface area (TPSA) is 0 Å². The smallest absolute Gasteiger partial charge is 0.0209 e. The Bertz CT molecular complexity index is 1310. The molecule has 0 spiro atoms. The van der Waals surface area contributed by atoms with Crippen LogP contribution in [-0.2, 0) is 0 Å². The molecule has 0 radical (unpaired) electrons. The van der Waals surface area contributed by atoms with E-state index < -0.39 is 0 Å². The number of benzene rings is 5. The van der Waals surface area contributed by atoms with E-state index in [-0.39, 0.29) is 0 Å². The molecule has 0 aliphatic carbocycles. The predicted molar refractivity (Wildman–Crippen MR) is 141 cm³/mol. The molecule has 5 aromatic carbocycles. The highest BCUT2D eigenvalue weighted by atomic mass is 127. The van der Waals surface area contributed by atoms with Gasteiger partial charge < -0.3 is 0 Å². The molecule has 0 heterocycles. The third kappa shape index (κ3) is 4.06. The molecule has 0 saturated heterocycles. The van der Waals surface area contributed by atoms with Gasteiger partial charge in [0, 0.05) is 3.57 Å². The zero-order valence-corrected chi connectivity index (χ0v) is 19.2. The second-order valence-corrected chi connectivity index (χ2v) is 8.68. The van der Waals surface area contributed by atoms with Crippen molar-refractivity contribution >= 4 is 22.6 Å². The number of rotatable bonds is 4. The van der Waals surface area contributed by atoms with Crippen molar-refractivity contribution in [2.24, 2.45) is 0 Å². The maximum atomic E-state index is 2.45. The lowest BCUT2D eigenvalue weighted by Gasteiger charge is -2.19. The first-order chi connectivity index (χ1) is 15.3. The van der Waals surface area contributed by atoms with E-state index in [0.29, 0.717) is 0 Å². The van der Waals surface area contributed by atoms with Crippen molar-refractivity contribution in [1.82, 2.24) is 0 Å². The van der Waals surface area contributed by atoms with Crippen molar-refractivity contribution in [3.8, 4) is 44.5 Å². The van der Waals surface area contributed by atoms with Gasteiger partial charge in [0.25, 0.3) is 0 Å². The highest BCUT2D eigenvalue weighted by molar-refractivity contribution is 14.1. The van der Waals surface area contributed by atoms with Gasteiger partial charge in [-0.15, -0.1) is 0 Å². The minimum Gasteiger partial charge on any atom is -0.0622 e. The van der Waals surface area contributed by atoms with E-state index in [2.05, 4.69) is 150 Å². The van der Waals surface area contributed by atoms with Crippen LogP contribution >= 0.6 is 22.6 Å². The van der Waals surface area contributed by atoms with Crippen molar-refractivity contribution in [2.75, 3.05) is 0 Å². The lowest BCUT2D eigenvalue weighted by molar-refractivity contribution is 1.53. The zero-order chi connectivity index (χ0) is 21.0. The Morgan fingerprint density at radius 1 is 0.323 bits per heavy atom. The highest BCUT2D eigenvalue weighted by Crippen LogP contribution is 2.42. The zero-order valence-electron chi connectivity index (χ0n) is 17.0. The molecular weight excluding hydrogens is 487 g/mol.